The molecule has 3 nitrogen and oxygen atoms in total. The zero-order valence-electron chi connectivity index (χ0n) is 13.3. The van der Waals surface area contributed by atoms with Gasteiger partial charge >= 0.3 is 5.97 Å². The van der Waals surface area contributed by atoms with Crippen LogP contribution in [0.5, 0.6) is 0 Å². The maximum atomic E-state index is 12.6. The van der Waals surface area contributed by atoms with Crippen LogP contribution in [0.4, 0.5) is 0 Å². The van der Waals surface area contributed by atoms with Crippen LogP contribution < -0.4 is 0 Å². The van der Waals surface area contributed by atoms with Gasteiger partial charge in [-0.15, -0.1) is 11.3 Å². The van der Waals surface area contributed by atoms with Crippen LogP contribution >= 0.6 is 11.3 Å². The normalized spacial score (nSPS) is 12.0. The van der Waals surface area contributed by atoms with Gasteiger partial charge in [0.1, 0.15) is 0 Å². The molecule has 1 unspecified atom stereocenters. The summed E-state index contributed by atoms with van der Waals surface area (Å²) in [5.74, 6) is -0.353. The highest BCUT2D eigenvalue weighted by Gasteiger charge is 2.24. The molecule has 0 aliphatic carbocycles. The Morgan fingerprint density at radius 2 is 1.72 bits per heavy atom. The number of pyridine rings is 1. The van der Waals surface area contributed by atoms with Crippen LogP contribution in [0.2, 0.25) is 0 Å². The van der Waals surface area contributed by atoms with Gasteiger partial charge in [-0.05, 0) is 35.0 Å². The van der Waals surface area contributed by atoms with Crippen LogP contribution in [0.25, 0.3) is 10.8 Å². The van der Waals surface area contributed by atoms with Crippen molar-refractivity contribution in [3.63, 3.8) is 0 Å². The van der Waals surface area contributed by atoms with Crippen molar-refractivity contribution >= 4 is 28.1 Å². The highest BCUT2D eigenvalue weighted by molar-refractivity contribution is 7.10. The van der Waals surface area contributed by atoms with Crippen LogP contribution in [0, 0.1) is 0 Å². The van der Waals surface area contributed by atoms with Gasteiger partial charge in [-0.25, -0.2) is 4.79 Å². The number of thiophene rings is 1. The van der Waals surface area contributed by atoms with Crippen molar-refractivity contribution in [2.24, 2.45) is 0 Å². The third-order valence-electron chi connectivity index (χ3n) is 3.99. The topological polar surface area (TPSA) is 39.2 Å². The lowest BCUT2D eigenvalue weighted by atomic mass is 10.1. The van der Waals surface area contributed by atoms with Gasteiger partial charge in [0.15, 0.2) is 6.10 Å². The summed E-state index contributed by atoms with van der Waals surface area (Å²) in [4.78, 5) is 18.1. The summed E-state index contributed by atoms with van der Waals surface area (Å²) in [6.45, 7) is 0. The van der Waals surface area contributed by atoms with Crippen molar-refractivity contribution in [3.8, 4) is 0 Å². The smallest absolute Gasteiger partial charge is 0.339 e. The molecule has 0 aliphatic heterocycles. The van der Waals surface area contributed by atoms with Crippen molar-refractivity contribution in [3.05, 3.63) is 101 Å². The Balaban J connectivity index is 1.78. The molecule has 0 spiro atoms. The van der Waals surface area contributed by atoms with E-state index in [4.69, 9.17) is 4.74 Å². The number of ether oxygens (including phenoxy) is 1. The third kappa shape index (κ3) is 3.16. The minimum Gasteiger partial charge on any atom is -0.446 e. The van der Waals surface area contributed by atoms with Crippen LogP contribution in [0.3, 0.4) is 0 Å². The molecule has 2 aromatic heterocycles. The van der Waals surface area contributed by atoms with Gasteiger partial charge in [-0.2, -0.15) is 0 Å². The molecule has 4 aromatic rings. The van der Waals surface area contributed by atoms with Gasteiger partial charge < -0.3 is 4.74 Å². The molecule has 1 atom stereocenters. The van der Waals surface area contributed by atoms with Gasteiger partial charge in [0, 0.05) is 11.6 Å². The van der Waals surface area contributed by atoms with Crippen molar-refractivity contribution in [2.45, 2.75) is 6.10 Å². The molecule has 0 amide bonds. The summed E-state index contributed by atoms with van der Waals surface area (Å²) in [7, 11) is 0. The predicted octanol–water partition coefficient (Wildman–Crippen LogP) is 5.24. The summed E-state index contributed by atoms with van der Waals surface area (Å²) in [6.07, 6.45) is 1.23. The number of aromatic nitrogens is 1. The van der Waals surface area contributed by atoms with Crippen LogP contribution in [-0.4, -0.2) is 11.0 Å². The molecule has 2 heterocycles. The first-order valence-corrected chi connectivity index (χ1v) is 8.84. The minimum absolute atomic E-state index is 0.353. The lowest BCUT2D eigenvalue weighted by molar-refractivity contribution is 0.0379. The number of fused-ring (bicyclic) bond motifs is 1. The summed E-state index contributed by atoms with van der Waals surface area (Å²) in [5.41, 5.74) is 1.29. The largest absolute Gasteiger partial charge is 0.446 e. The van der Waals surface area contributed by atoms with E-state index in [-0.39, 0.29) is 5.97 Å². The summed E-state index contributed by atoms with van der Waals surface area (Å²) in [5, 5.41) is 4.04. The van der Waals surface area contributed by atoms with Crippen molar-refractivity contribution in [1.29, 1.82) is 0 Å². The van der Waals surface area contributed by atoms with Gasteiger partial charge in [0.05, 0.1) is 16.1 Å². The molecular formula is C21H15NO2S. The maximum absolute atomic E-state index is 12.6. The maximum Gasteiger partial charge on any atom is 0.339 e. The van der Waals surface area contributed by atoms with E-state index in [2.05, 4.69) is 4.98 Å². The Morgan fingerprint density at radius 3 is 2.52 bits per heavy atom. The third-order valence-corrected chi connectivity index (χ3v) is 4.90. The second-order valence-electron chi connectivity index (χ2n) is 5.58. The van der Waals surface area contributed by atoms with Gasteiger partial charge in [0.25, 0.3) is 0 Å². The zero-order chi connectivity index (χ0) is 17.1. The van der Waals surface area contributed by atoms with Gasteiger partial charge in [-0.3, -0.25) is 4.98 Å². The van der Waals surface area contributed by atoms with E-state index >= 15 is 0 Å². The average molecular weight is 345 g/mol. The first kappa shape index (κ1) is 15.5. The molecule has 0 N–H and O–H groups in total. The van der Waals surface area contributed by atoms with E-state index in [1.165, 1.54) is 0 Å². The second kappa shape index (κ2) is 6.87. The molecule has 0 aliphatic rings. The van der Waals surface area contributed by atoms with Crippen molar-refractivity contribution in [2.75, 3.05) is 0 Å². The molecule has 25 heavy (non-hydrogen) atoms. The standard InChI is InChI=1S/C21H15NO2S/c23-21(16-8-2-1-3-9-16)24-20(18-11-6-14-25-18)19-17-10-5-4-7-15(17)12-13-22-19/h1-14,20H. The highest BCUT2D eigenvalue weighted by atomic mass is 32.1. The molecule has 4 heteroatoms. The van der Waals surface area contributed by atoms with E-state index in [1.54, 1.807) is 29.7 Å². The molecule has 0 radical (unpaired) electrons. The zero-order valence-corrected chi connectivity index (χ0v) is 14.1. The molecule has 0 bridgehead atoms. The summed E-state index contributed by atoms with van der Waals surface area (Å²) < 4.78 is 5.88. The number of benzene rings is 2. The molecule has 4 rings (SSSR count). The fraction of sp³-hybridized carbons (Fsp3) is 0.0476. The Bertz CT molecular complexity index is 992. The molecule has 0 fully saturated rings. The molecule has 122 valence electrons. The number of carbonyl (C=O) groups excluding carboxylic acids is 1. The number of nitrogens with zero attached hydrogens (tertiary/aromatic N) is 1. The average Bonchev–Trinajstić information content (AvgIpc) is 3.21. The second-order valence-corrected chi connectivity index (χ2v) is 6.56. The van der Waals surface area contributed by atoms with E-state index in [1.807, 2.05) is 66.0 Å². The van der Waals surface area contributed by atoms with E-state index in [0.717, 1.165) is 21.3 Å². The number of hydrogen-bond acceptors (Lipinski definition) is 4. The van der Waals surface area contributed by atoms with E-state index in [9.17, 15) is 4.79 Å². The Labute approximate surface area is 149 Å². The molecule has 0 saturated heterocycles. The monoisotopic (exact) mass is 345 g/mol. The molecule has 2 aromatic carbocycles. The SMILES string of the molecule is O=C(OC(c1cccs1)c1nccc2ccccc12)c1ccccc1. The minimum atomic E-state index is -0.529. The van der Waals surface area contributed by atoms with Crippen LogP contribution in [-0.2, 0) is 4.74 Å². The van der Waals surface area contributed by atoms with E-state index < -0.39 is 6.10 Å². The first-order valence-electron chi connectivity index (χ1n) is 7.96. The Morgan fingerprint density at radius 1 is 0.920 bits per heavy atom. The fourth-order valence-corrected chi connectivity index (χ4v) is 3.55. The molecule has 0 saturated carbocycles. The number of esters is 1. The van der Waals surface area contributed by atoms with Gasteiger partial charge in [0.2, 0.25) is 0 Å². The Hall–Kier alpha value is -2.98. The number of rotatable bonds is 4. The number of hydrogen-bond donors (Lipinski definition) is 0. The quantitative estimate of drug-likeness (QED) is 0.475. The lowest BCUT2D eigenvalue weighted by Crippen LogP contribution is -2.13. The number of carbonyl (C=O) groups is 1. The van der Waals surface area contributed by atoms with Gasteiger partial charge in [-0.1, -0.05) is 48.5 Å². The van der Waals surface area contributed by atoms with E-state index in [0.29, 0.717) is 5.56 Å². The fourth-order valence-electron chi connectivity index (χ4n) is 2.79. The molecular weight excluding hydrogens is 330 g/mol. The Kier molecular flexibility index (Phi) is 4.27. The predicted molar refractivity (Wildman–Crippen MR) is 99.8 cm³/mol. The van der Waals surface area contributed by atoms with Crippen molar-refractivity contribution in [1.82, 2.24) is 4.98 Å². The highest BCUT2D eigenvalue weighted by Crippen LogP contribution is 2.33. The first-order chi connectivity index (χ1) is 12.3. The summed E-state index contributed by atoms with van der Waals surface area (Å²) >= 11 is 1.55. The van der Waals surface area contributed by atoms with Crippen LogP contribution in [0.1, 0.15) is 27.0 Å². The summed E-state index contributed by atoms with van der Waals surface area (Å²) in [6, 6.07) is 22.9. The lowest BCUT2D eigenvalue weighted by Gasteiger charge is -2.18. The van der Waals surface area contributed by atoms with Crippen molar-refractivity contribution < 1.29 is 9.53 Å². The van der Waals surface area contributed by atoms with Crippen LogP contribution in [0.15, 0.2) is 84.4 Å².